The van der Waals surface area contributed by atoms with Crippen LogP contribution in [-0.2, 0) is 18.4 Å². The summed E-state index contributed by atoms with van der Waals surface area (Å²) in [5.41, 5.74) is 0. The molecule has 0 saturated heterocycles. The number of carbonyl (C=O) groups is 1. The first kappa shape index (κ1) is 10.7. The normalized spacial score (nSPS) is 10.1. The van der Waals surface area contributed by atoms with Crippen molar-refractivity contribution in [3.05, 3.63) is 18.2 Å². The second-order valence-corrected chi connectivity index (χ2v) is 3.08. The molecule has 5 nitrogen and oxygen atoms in total. The minimum absolute atomic E-state index is 0.0438. The Labute approximate surface area is 83.5 Å². The third kappa shape index (κ3) is 3.18. The fourth-order valence-electron chi connectivity index (χ4n) is 1.07. The van der Waals surface area contributed by atoms with Gasteiger partial charge >= 0.3 is 0 Å². The van der Waals surface area contributed by atoms with Crippen LogP contribution in [0.3, 0.4) is 0 Å². The van der Waals surface area contributed by atoms with Gasteiger partial charge in [0.15, 0.2) is 0 Å². The van der Waals surface area contributed by atoms with Crippen molar-refractivity contribution in [2.24, 2.45) is 7.05 Å². The molecule has 1 aromatic rings. The first-order valence-corrected chi connectivity index (χ1v) is 4.61. The molecule has 78 valence electrons. The highest BCUT2D eigenvalue weighted by Crippen LogP contribution is 1.92. The van der Waals surface area contributed by atoms with Crippen LogP contribution in [0.1, 0.15) is 12.2 Å². The quantitative estimate of drug-likeness (QED) is 0.676. The van der Waals surface area contributed by atoms with Gasteiger partial charge in [0.1, 0.15) is 5.82 Å². The van der Waals surface area contributed by atoms with Gasteiger partial charge in [0, 0.05) is 32.4 Å². The van der Waals surface area contributed by atoms with Crippen molar-refractivity contribution in [3.8, 4) is 0 Å². The topological polar surface area (TPSA) is 59.0 Å². The van der Waals surface area contributed by atoms with Crippen LogP contribution in [0.5, 0.6) is 0 Å². The standard InChI is InChI=1S/C9H16N4O/c1-10-4-3-9(14)12-7-8-11-5-6-13(8)2/h5-6,10H,3-4,7H2,1-2H3,(H,12,14). The highest BCUT2D eigenvalue weighted by molar-refractivity contribution is 5.75. The van der Waals surface area contributed by atoms with Crippen molar-refractivity contribution in [1.29, 1.82) is 0 Å². The Morgan fingerprint density at radius 2 is 2.43 bits per heavy atom. The molecular weight excluding hydrogens is 180 g/mol. The molecular formula is C9H16N4O. The second-order valence-electron chi connectivity index (χ2n) is 3.08. The van der Waals surface area contributed by atoms with Gasteiger partial charge < -0.3 is 15.2 Å². The van der Waals surface area contributed by atoms with Crippen molar-refractivity contribution >= 4 is 5.91 Å². The lowest BCUT2D eigenvalue weighted by Crippen LogP contribution is -2.27. The molecule has 0 saturated carbocycles. The Hall–Kier alpha value is -1.36. The maximum atomic E-state index is 11.2. The summed E-state index contributed by atoms with van der Waals surface area (Å²) >= 11 is 0. The van der Waals surface area contributed by atoms with E-state index in [1.54, 1.807) is 6.20 Å². The van der Waals surface area contributed by atoms with Gasteiger partial charge in [-0.05, 0) is 7.05 Å². The zero-order chi connectivity index (χ0) is 10.4. The fraction of sp³-hybridized carbons (Fsp3) is 0.556. The summed E-state index contributed by atoms with van der Waals surface area (Å²) in [5.74, 6) is 0.908. The van der Waals surface area contributed by atoms with E-state index < -0.39 is 0 Å². The van der Waals surface area contributed by atoms with Gasteiger partial charge in [-0.1, -0.05) is 0 Å². The first-order valence-electron chi connectivity index (χ1n) is 4.61. The van der Waals surface area contributed by atoms with Gasteiger partial charge in [-0.15, -0.1) is 0 Å². The number of aryl methyl sites for hydroxylation is 1. The predicted molar refractivity (Wildman–Crippen MR) is 53.6 cm³/mol. The molecule has 14 heavy (non-hydrogen) atoms. The number of rotatable bonds is 5. The number of hydrogen-bond donors (Lipinski definition) is 2. The molecule has 0 atom stereocenters. The monoisotopic (exact) mass is 196 g/mol. The molecule has 1 amide bonds. The van der Waals surface area contributed by atoms with E-state index >= 15 is 0 Å². The third-order valence-electron chi connectivity index (χ3n) is 1.97. The van der Waals surface area contributed by atoms with E-state index in [0.717, 1.165) is 5.82 Å². The van der Waals surface area contributed by atoms with E-state index in [9.17, 15) is 4.79 Å². The van der Waals surface area contributed by atoms with E-state index in [-0.39, 0.29) is 5.91 Å². The molecule has 0 fully saturated rings. The van der Waals surface area contributed by atoms with Crippen molar-refractivity contribution in [2.75, 3.05) is 13.6 Å². The highest BCUT2D eigenvalue weighted by Gasteiger charge is 2.02. The van der Waals surface area contributed by atoms with Crippen molar-refractivity contribution in [3.63, 3.8) is 0 Å². The Kier molecular flexibility index (Phi) is 4.12. The van der Waals surface area contributed by atoms with Crippen LogP contribution in [0.15, 0.2) is 12.4 Å². The molecule has 0 spiro atoms. The summed E-state index contributed by atoms with van der Waals surface area (Å²) in [7, 11) is 3.73. The predicted octanol–water partition coefficient (Wildman–Crippen LogP) is -0.354. The summed E-state index contributed by atoms with van der Waals surface area (Å²) in [4.78, 5) is 15.3. The highest BCUT2D eigenvalue weighted by atomic mass is 16.1. The lowest BCUT2D eigenvalue weighted by molar-refractivity contribution is -0.121. The summed E-state index contributed by atoms with van der Waals surface area (Å²) in [6, 6.07) is 0. The average molecular weight is 196 g/mol. The van der Waals surface area contributed by atoms with Gasteiger partial charge in [0.2, 0.25) is 5.91 Å². The lowest BCUT2D eigenvalue weighted by atomic mass is 10.4. The van der Waals surface area contributed by atoms with Crippen molar-refractivity contribution in [1.82, 2.24) is 20.2 Å². The van der Waals surface area contributed by atoms with Crippen LogP contribution >= 0.6 is 0 Å². The van der Waals surface area contributed by atoms with Gasteiger partial charge in [-0.25, -0.2) is 4.98 Å². The fourth-order valence-corrected chi connectivity index (χ4v) is 1.07. The minimum atomic E-state index is 0.0438. The van der Waals surface area contributed by atoms with E-state index in [0.29, 0.717) is 19.5 Å². The molecule has 1 heterocycles. The van der Waals surface area contributed by atoms with E-state index in [4.69, 9.17) is 0 Å². The molecule has 0 radical (unpaired) electrons. The van der Waals surface area contributed by atoms with Crippen LogP contribution in [0.4, 0.5) is 0 Å². The van der Waals surface area contributed by atoms with E-state index in [1.807, 2.05) is 24.9 Å². The number of amides is 1. The Balaban J connectivity index is 2.27. The largest absolute Gasteiger partial charge is 0.349 e. The van der Waals surface area contributed by atoms with Crippen LogP contribution in [0.2, 0.25) is 0 Å². The average Bonchev–Trinajstić information content (AvgIpc) is 2.58. The van der Waals surface area contributed by atoms with Crippen LogP contribution in [0.25, 0.3) is 0 Å². The van der Waals surface area contributed by atoms with Crippen molar-refractivity contribution in [2.45, 2.75) is 13.0 Å². The molecule has 0 aliphatic carbocycles. The van der Waals surface area contributed by atoms with Gasteiger partial charge in [0.05, 0.1) is 6.54 Å². The van der Waals surface area contributed by atoms with Gasteiger partial charge in [-0.2, -0.15) is 0 Å². The smallest absolute Gasteiger partial charge is 0.221 e. The van der Waals surface area contributed by atoms with Crippen LogP contribution < -0.4 is 10.6 Å². The third-order valence-corrected chi connectivity index (χ3v) is 1.97. The first-order chi connectivity index (χ1) is 6.74. The maximum absolute atomic E-state index is 11.2. The zero-order valence-corrected chi connectivity index (χ0v) is 8.58. The number of nitrogens with one attached hydrogen (secondary N) is 2. The SMILES string of the molecule is CNCCC(=O)NCc1nccn1C. The molecule has 2 N–H and O–H groups in total. The number of carbonyl (C=O) groups excluding carboxylic acids is 1. The number of nitrogens with zero attached hydrogens (tertiary/aromatic N) is 2. The molecule has 1 rings (SSSR count). The van der Waals surface area contributed by atoms with Gasteiger partial charge in [-0.3, -0.25) is 4.79 Å². The molecule has 0 aliphatic rings. The summed E-state index contributed by atoms with van der Waals surface area (Å²) < 4.78 is 1.89. The second kappa shape index (κ2) is 5.39. The summed E-state index contributed by atoms with van der Waals surface area (Å²) in [6.07, 6.45) is 4.07. The molecule has 1 aromatic heterocycles. The lowest BCUT2D eigenvalue weighted by Gasteiger charge is -2.04. The molecule has 5 heteroatoms. The van der Waals surface area contributed by atoms with E-state index in [2.05, 4.69) is 15.6 Å². The zero-order valence-electron chi connectivity index (χ0n) is 8.58. The maximum Gasteiger partial charge on any atom is 0.221 e. The summed E-state index contributed by atoms with van der Waals surface area (Å²) in [5, 5.41) is 5.72. The minimum Gasteiger partial charge on any atom is -0.349 e. The van der Waals surface area contributed by atoms with Crippen LogP contribution in [0, 0.1) is 0 Å². The van der Waals surface area contributed by atoms with Gasteiger partial charge in [0.25, 0.3) is 0 Å². The molecule has 0 aromatic carbocycles. The Bertz CT molecular complexity index is 295. The summed E-state index contributed by atoms with van der Waals surface area (Å²) in [6.45, 7) is 1.19. The number of aromatic nitrogens is 2. The number of hydrogen-bond acceptors (Lipinski definition) is 3. The van der Waals surface area contributed by atoms with E-state index in [1.165, 1.54) is 0 Å². The van der Waals surface area contributed by atoms with Crippen LogP contribution in [-0.4, -0.2) is 29.1 Å². The molecule has 0 bridgehead atoms. The van der Waals surface area contributed by atoms with Crippen molar-refractivity contribution < 1.29 is 4.79 Å². The molecule has 0 unspecified atom stereocenters. The Morgan fingerprint density at radius 3 is 3.00 bits per heavy atom. The molecule has 0 aliphatic heterocycles. The number of imidazole rings is 1. The Morgan fingerprint density at radius 1 is 1.64 bits per heavy atom.